The molecule has 1 N–H and O–H groups in total. The predicted octanol–water partition coefficient (Wildman–Crippen LogP) is 2.65. The van der Waals surface area contributed by atoms with Crippen molar-refractivity contribution in [1.29, 1.82) is 0 Å². The average Bonchev–Trinajstić information content (AvgIpc) is 2.71. The lowest BCUT2D eigenvalue weighted by molar-refractivity contribution is -0.118. The minimum atomic E-state index is -0.147. The number of halogens is 2. The van der Waals surface area contributed by atoms with Crippen LogP contribution < -0.4 is 5.32 Å². The summed E-state index contributed by atoms with van der Waals surface area (Å²) < 4.78 is 2.07. The molecule has 2 aromatic rings. The van der Waals surface area contributed by atoms with Crippen LogP contribution in [0.5, 0.6) is 0 Å². The summed E-state index contributed by atoms with van der Waals surface area (Å²) in [6.07, 6.45) is 1.98. The molecule has 5 heteroatoms. The van der Waals surface area contributed by atoms with Crippen LogP contribution in [-0.4, -0.2) is 22.9 Å². The molecule has 0 fully saturated rings. The fourth-order valence-electron chi connectivity index (χ4n) is 1.73. The summed E-state index contributed by atoms with van der Waals surface area (Å²) >= 11 is 11.3. The number of amides is 1. The fraction of sp³-hybridized carbons (Fsp3) is 0.250. The number of hydrogen-bond acceptors (Lipinski definition) is 1. The van der Waals surface area contributed by atoms with Crippen LogP contribution in [0.2, 0.25) is 5.02 Å². The number of aromatic nitrogens is 1. The number of nitrogens with zero attached hydrogens (tertiary/aromatic N) is 1. The van der Waals surface area contributed by atoms with Gasteiger partial charge in [0.2, 0.25) is 5.91 Å². The van der Waals surface area contributed by atoms with Crippen LogP contribution in [-0.2, 0) is 11.3 Å². The first kappa shape index (κ1) is 12.3. The van der Waals surface area contributed by atoms with Crippen molar-refractivity contribution in [2.24, 2.45) is 0 Å². The van der Waals surface area contributed by atoms with Crippen LogP contribution in [0.1, 0.15) is 0 Å². The molecule has 90 valence electrons. The van der Waals surface area contributed by atoms with Gasteiger partial charge in [0.05, 0.1) is 0 Å². The number of carbonyl (C=O) groups excluding carboxylic acids is 1. The van der Waals surface area contributed by atoms with Crippen molar-refractivity contribution >= 4 is 40.0 Å². The lowest BCUT2D eigenvalue weighted by Crippen LogP contribution is -2.27. The molecule has 1 aromatic carbocycles. The van der Waals surface area contributed by atoms with E-state index in [2.05, 4.69) is 9.88 Å². The molecule has 17 heavy (non-hydrogen) atoms. The fourth-order valence-corrected chi connectivity index (χ4v) is 2.00. The van der Waals surface area contributed by atoms with Gasteiger partial charge >= 0.3 is 0 Å². The smallest absolute Gasteiger partial charge is 0.234 e. The molecule has 2 rings (SSSR count). The van der Waals surface area contributed by atoms with Crippen LogP contribution in [0.25, 0.3) is 10.9 Å². The van der Waals surface area contributed by atoms with Gasteiger partial charge in [-0.05, 0) is 24.3 Å². The first-order valence-electron chi connectivity index (χ1n) is 5.28. The summed E-state index contributed by atoms with van der Waals surface area (Å²) in [5.41, 5.74) is 1.11. The number of hydrogen-bond donors (Lipinski definition) is 1. The molecule has 0 saturated heterocycles. The van der Waals surface area contributed by atoms with E-state index >= 15 is 0 Å². The van der Waals surface area contributed by atoms with Crippen LogP contribution in [0.3, 0.4) is 0 Å². The molecule has 0 spiro atoms. The third-order valence-electron chi connectivity index (χ3n) is 2.53. The monoisotopic (exact) mass is 270 g/mol. The van der Waals surface area contributed by atoms with E-state index < -0.39 is 0 Å². The lowest BCUT2D eigenvalue weighted by atomic mass is 10.2. The van der Waals surface area contributed by atoms with Crippen LogP contribution in [0.4, 0.5) is 0 Å². The maximum Gasteiger partial charge on any atom is 0.234 e. The van der Waals surface area contributed by atoms with E-state index in [0.717, 1.165) is 15.9 Å². The highest BCUT2D eigenvalue weighted by atomic mass is 35.5. The van der Waals surface area contributed by atoms with Crippen molar-refractivity contribution < 1.29 is 4.79 Å². The van der Waals surface area contributed by atoms with Gasteiger partial charge in [-0.2, -0.15) is 0 Å². The summed E-state index contributed by atoms with van der Waals surface area (Å²) in [5, 5.41) is 4.55. The van der Waals surface area contributed by atoms with Crippen molar-refractivity contribution in [3.63, 3.8) is 0 Å². The van der Waals surface area contributed by atoms with Crippen molar-refractivity contribution in [3.8, 4) is 0 Å². The molecule has 3 nitrogen and oxygen atoms in total. The molecule has 1 heterocycles. The van der Waals surface area contributed by atoms with Crippen molar-refractivity contribution in [1.82, 2.24) is 9.88 Å². The zero-order valence-electron chi connectivity index (χ0n) is 9.12. The van der Waals surface area contributed by atoms with Gasteiger partial charge in [0.1, 0.15) is 5.88 Å². The highest BCUT2D eigenvalue weighted by molar-refractivity contribution is 6.31. The number of nitrogens with one attached hydrogen (secondary N) is 1. The Morgan fingerprint density at radius 1 is 1.35 bits per heavy atom. The summed E-state index contributed by atoms with van der Waals surface area (Å²) in [6, 6.07) is 7.76. The summed E-state index contributed by atoms with van der Waals surface area (Å²) in [7, 11) is 0. The topological polar surface area (TPSA) is 34.0 Å². The third kappa shape index (κ3) is 2.93. The van der Waals surface area contributed by atoms with Gasteiger partial charge in [-0.3, -0.25) is 4.79 Å². The minimum Gasteiger partial charge on any atom is -0.353 e. The molecule has 0 aliphatic rings. The first-order valence-corrected chi connectivity index (χ1v) is 6.19. The highest BCUT2D eigenvalue weighted by Gasteiger charge is 2.02. The van der Waals surface area contributed by atoms with Gasteiger partial charge in [-0.15, -0.1) is 11.6 Å². The zero-order valence-corrected chi connectivity index (χ0v) is 10.6. The van der Waals surface area contributed by atoms with Crippen LogP contribution in [0, 0.1) is 0 Å². The molecule has 0 unspecified atom stereocenters. The highest BCUT2D eigenvalue weighted by Crippen LogP contribution is 2.20. The molecule has 0 saturated carbocycles. The third-order valence-corrected chi connectivity index (χ3v) is 3.01. The quantitative estimate of drug-likeness (QED) is 0.852. The van der Waals surface area contributed by atoms with E-state index in [-0.39, 0.29) is 11.8 Å². The SMILES string of the molecule is O=C(CCl)NCCn1ccc2cc(Cl)ccc21. The Morgan fingerprint density at radius 2 is 2.18 bits per heavy atom. The van der Waals surface area contributed by atoms with Crippen molar-refractivity contribution in [2.45, 2.75) is 6.54 Å². The van der Waals surface area contributed by atoms with E-state index in [1.807, 2.05) is 30.5 Å². The van der Waals surface area contributed by atoms with Crippen LogP contribution >= 0.6 is 23.2 Å². The maximum absolute atomic E-state index is 11.0. The Labute approximate surface area is 109 Å². The van der Waals surface area contributed by atoms with Gasteiger partial charge in [0.15, 0.2) is 0 Å². The number of alkyl halides is 1. The summed E-state index contributed by atoms with van der Waals surface area (Å²) in [6.45, 7) is 1.28. The Bertz CT molecular complexity index is 536. The van der Waals surface area contributed by atoms with Crippen molar-refractivity contribution in [3.05, 3.63) is 35.5 Å². The van der Waals surface area contributed by atoms with Gasteiger partial charge in [0.25, 0.3) is 0 Å². The second-order valence-corrected chi connectivity index (χ2v) is 4.40. The van der Waals surface area contributed by atoms with Gasteiger partial charge in [0, 0.05) is 35.2 Å². The summed E-state index contributed by atoms with van der Waals surface area (Å²) in [4.78, 5) is 11.0. The standard InChI is InChI=1S/C12H12Cl2N2O/c13-8-12(17)15-4-6-16-5-3-9-7-10(14)1-2-11(9)16/h1-3,5,7H,4,6,8H2,(H,15,17). The molecule has 0 bridgehead atoms. The predicted molar refractivity (Wildman–Crippen MR) is 70.7 cm³/mol. The van der Waals surface area contributed by atoms with Crippen molar-refractivity contribution in [2.75, 3.05) is 12.4 Å². The minimum absolute atomic E-state index is 0.00202. The summed E-state index contributed by atoms with van der Waals surface area (Å²) in [5.74, 6) is -0.145. The van der Waals surface area contributed by atoms with E-state index in [1.54, 1.807) is 0 Å². The molecule has 1 aromatic heterocycles. The molecular formula is C12H12Cl2N2O. The normalized spacial score (nSPS) is 10.7. The van der Waals surface area contributed by atoms with E-state index in [1.165, 1.54) is 0 Å². The largest absolute Gasteiger partial charge is 0.353 e. The number of benzene rings is 1. The second-order valence-electron chi connectivity index (χ2n) is 3.70. The molecular weight excluding hydrogens is 259 g/mol. The average molecular weight is 271 g/mol. The van der Waals surface area contributed by atoms with E-state index in [0.29, 0.717) is 13.1 Å². The zero-order chi connectivity index (χ0) is 12.3. The second kappa shape index (κ2) is 5.43. The molecule has 0 atom stereocenters. The molecule has 0 aliphatic heterocycles. The Balaban J connectivity index is 2.06. The Kier molecular flexibility index (Phi) is 3.92. The number of carbonyl (C=O) groups is 1. The molecule has 0 radical (unpaired) electrons. The van der Waals surface area contributed by atoms with Crippen LogP contribution in [0.15, 0.2) is 30.5 Å². The number of fused-ring (bicyclic) bond motifs is 1. The molecule has 0 aliphatic carbocycles. The lowest BCUT2D eigenvalue weighted by Gasteiger charge is -2.06. The molecule has 1 amide bonds. The Morgan fingerprint density at radius 3 is 2.94 bits per heavy atom. The Hall–Kier alpha value is -1.19. The van der Waals surface area contributed by atoms with Gasteiger partial charge < -0.3 is 9.88 Å². The van der Waals surface area contributed by atoms with Gasteiger partial charge in [-0.25, -0.2) is 0 Å². The maximum atomic E-state index is 11.0. The van der Waals surface area contributed by atoms with E-state index in [4.69, 9.17) is 23.2 Å². The number of rotatable bonds is 4. The van der Waals surface area contributed by atoms with Gasteiger partial charge in [-0.1, -0.05) is 11.6 Å². The van der Waals surface area contributed by atoms with E-state index in [9.17, 15) is 4.79 Å². The first-order chi connectivity index (χ1) is 8.20.